The minimum atomic E-state index is -2.24. The van der Waals surface area contributed by atoms with Gasteiger partial charge in [-0.3, -0.25) is 14.4 Å². The van der Waals surface area contributed by atoms with Crippen molar-refractivity contribution < 1.29 is 67.1 Å². The Hall–Kier alpha value is -3.62. The van der Waals surface area contributed by atoms with Crippen LogP contribution in [0.15, 0.2) is 27.4 Å². The van der Waals surface area contributed by atoms with Crippen LogP contribution in [0.1, 0.15) is 160 Å². The number of hydrogen-bond donors (Lipinski definition) is 5. The van der Waals surface area contributed by atoms with Gasteiger partial charge in [0.15, 0.2) is 14.0 Å². The number of carboxylic acids is 1. The molecule has 0 unspecified atom stereocenters. The summed E-state index contributed by atoms with van der Waals surface area (Å²) >= 11 is 0. The Morgan fingerprint density at radius 3 is 2.12 bits per heavy atom. The number of aromatic carboxylic acids is 1. The Morgan fingerprint density at radius 1 is 0.879 bits per heavy atom. The average Bonchev–Trinajstić information content (AvgIpc) is 3.95. The molecule has 2 aromatic heterocycles. The molecule has 2 heterocycles. The van der Waals surface area contributed by atoms with E-state index in [0.717, 1.165) is 6.26 Å². The molecule has 66 heavy (non-hydrogen) atoms. The second kappa shape index (κ2) is 28.0. The molecule has 0 saturated carbocycles. The van der Waals surface area contributed by atoms with Crippen molar-refractivity contribution in [2.45, 2.75) is 180 Å². The zero-order valence-corrected chi connectivity index (χ0v) is 42.5. The summed E-state index contributed by atoms with van der Waals surface area (Å²) < 4.78 is 35.4. The van der Waals surface area contributed by atoms with Crippen LogP contribution in [-0.4, -0.2) is 120 Å². The van der Waals surface area contributed by atoms with E-state index < -0.39 is 62.5 Å². The van der Waals surface area contributed by atoms with Crippen molar-refractivity contribution in [3.63, 3.8) is 0 Å². The highest BCUT2D eigenvalue weighted by atomic mass is 28.4. The summed E-state index contributed by atoms with van der Waals surface area (Å²) in [5.74, 6) is -2.75. The summed E-state index contributed by atoms with van der Waals surface area (Å²) in [6.45, 7) is 20.1. The van der Waals surface area contributed by atoms with Crippen LogP contribution in [0.3, 0.4) is 0 Å². The first-order chi connectivity index (χ1) is 30.9. The van der Waals surface area contributed by atoms with E-state index in [4.69, 9.17) is 33.2 Å². The van der Waals surface area contributed by atoms with Gasteiger partial charge in [-0.2, -0.15) is 0 Å². The zero-order valence-electron chi connectivity index (χ0n) is 41.5. The SMILES string of the molecule is CO[C@@H](C/C=C/c1nc(C(=O)O)co1)[C@@H](C)[C@H](C[C@H](OC)[C@@H](C)CCC(=O)[C@H](C)[C@H](O[Si](C)(C)C(C)(C)C)[C@H](C)CCO)OC(=O)C[C@@H](O)CCCC(=O)C[C@H](C)c1coc([C@@H](N)CO)n1. The van der Waals surface area contributed by atoms with E-state index in [-0.39, 0.29) is 110 Å². The van der Waals surface area contributed by atoms with Crippen molar-refractivity contribution in [1.29, 1.82) is 0 Å². The molecule has 0 aliphatic rings. The molecular formula is C48H81N3O14Si. The molecule has 0 aromatic carbocycles. The molecule has 376 valence electrons. The second-order valence-electron chi connectivity index (χ2n) is 19.6. The molecule has 2 rings (SSSR count). The van der Waals surface area contributed by atoms with Crippen molar-refractivity contribution >= 4 is 37.9 Å². The first kappa shape index (κ1) is 58.5. The van der Waals surface area contributed by atoms with Crippen molar-refractivity contribution in [3.05, 3.63) is 41.8 Å². The summed E-state index contributed by atoms with van der Waals surface area (Å²) in [7, 11) is 0.871. The third kappa shape index (κ3) is 18.8. The number of carboxylic acid groups (broad SMARTS) is 1. The van der Waals surface area contributed by atoms with Crippen LogP contribution in [0.4, 0.5) is 0 Å². The molecule has 17 nitrogen and oxygen atoms in total. The number of oxazole rings is 2. The fourth-order valence-electron chi connectivity index (χ4n) is 7.62. The molecule has 11 atom stereocenters. The van der Waals surface area contributed by atoms with Gasteiger partial charge in [-0.15, -0.1) is 0 Å². The number of esters is 1. The number of ether oxygens (including phenoxy) is 3. The zero-order chi connectivity index (χ0) is 49.9. The van der Waals surface area contributed by atoms with Crippen molar-refractivity contribution in [2.24, 2.45) is 29.4 Å². The lowest BCUT2D eigenvalue weighted by Crippen LogP contribution is -2.48. The van der Waals surface area contributed by atoms with Crippen molar-refractivity contribution in [1.82, 2.24) is 9.97 Å². The number of Topliss-reactive ketones (excluding diaryl/α,β-unsaturated/α-hetero) is 2. The molecule has 0 radical (unpaired) electrons. The van der Waals surface area contributed by atoms with Crippen molar-refractivity contribution in [2.75, 3.05) is 27.4 Å². The molecule has 0 amide bonds. The van der Waals surface area contributed by atoms with Crippen LogP contribution >= 0.6 is 0 Å². The summed E-state index contributed by atoms with van der Waals surface area (Å²) in [6, 6.07) is -0.749. The van der Waals surface area contributed by atoms with Crippen LogP contribution in [-0.2, 0) is 33.0 Å². The summed E-state index contributed by atoms with van der Waals surface area (Å²) in [6.07, 6.45) is 5.14. The minimum Gasteiger partial charge on any atom is -0.476 e. The molecule has 18 heteroatoms. The quantitative estimate of drug-likeness (QED) is 0.0344. The summed E-state index contributed by atoms with van der Waals surface area (Å²) in [5, 5.41) is 39.1. The Kier molecular flexibility index (Phi) is 24.8. The number of carbonyl (C=O) groups is 4. The lowest BCUT2D eigenvalue weighted by atomic mass is 9.84. The van der Waals surface area contributed by atoms with E-state index in [2.05, 4.69) is 43.8 Å². The maximum atomic E-state index is 13.9. The van der Waals surface area contributed by atoms with E-state index in [9.17, 15) is 39.6 Å². The van der Waals surface area contributed by atoms with Crippen LogP contribution in [0.5, 0.6) is 0 Å². The minimum absolute atomic E-state index is 0.00223. The number of methoxy groups -OCH3 is 2. The Morgan fingerprint density at radius 2 is 1.55 bits per heavy atom. The lowest BCUT2D eigenvalue weighted by Gasteiger charge is -2.42. The maximum absolute atomic E-state index is 13.9. The first-order valence-corrected chi connectivity index (χ1v) is 26.2. The predicted molar refractivity (Wildman–Crippen MR) is 251 cm³/mol. The van der Waals surface area contributed by atoms with Gasteiger partial charge in [0.2, 0.25) is 11.8 Å². The van der Waals surface area contributed by atoms with E-state index in [0.29, 0.717) is 31.4 Å². The molecule has 2 aromatic rings. The van der Waals surface area contributed by atoms with E-state index in [1.54, 1.807) is 13.2 Å². The number of aromatic nitrogens is 2. The number of nitrogens with two attached hydrogens (primary N) is 1. The summed E-state index contributed by atoms with van der Waals surface area (Å²) in [5.41, 5.74) is 6.10. The number of aliphatic hydroxyl groups excluding tert-OH is 3. The monoisotopic (exact) mass is 952 g/mol. The van der Waals surface area contributed by atoms with Gasteiger partial charge in [0.05, 0.1) is 43.1 Å². The smallest absolute Gasteiger partial charge is 0.357 e. The maximum Gasteiger partial charge on any atom is 0.357 e. The number of aliphatic hydroxyl groups is 3. The molecule has 0 spiro atoms. The average molecular weight is 952 g/mol. The van der Waals surface area contributed by atoms with Crippen LogP contribution in [0, 0.1) is 23.7 Å². The topological polar surface area (TPSA) is 264 Å². The van der Waals surface area contributed by atoms with E-state index in [1.165, 1.54) is 19.4 Å². The molecule has 0 bridgehead atoms. The van der Waals surface area contributed by atoms with Crippen LogP contribution < -0.4 is 5.73 Å². The highest BCUT2D eigenvalue weighted by Crippen LogP contribution is 2.40. The second-order valence-corrected chi connectivity index (χ2v) is 24.3. The van der Waals surface area contributed by atoms with E-state index in [1.807, 2.05) is 34.6 Å². The molecule has 0 aliphatic carbocycles. The summed E-state index contributed by atoms with van der Waals surface area (Å²) in [4.78, 5) is 59.7. The normalized spacial score (nSPS) is 17.6. The number of rotatable bonds is 33. The first-order valence-electron chi connectivity index (χ1n) is 23.3. The molecule has 0 fully saturated rings. The third-order valence-electron chi connectivity index (χ3n) is 13.2. The largest absolute Gasteiger partial charge is 0.476 e. The molecular weight excluding hydrogens is 871 g/mol. The highest BCUT2D eigenvalue weighted by molar-refractivity contribution is 6.74. The van der Waals surface area contributed by atoms with E-state index >= 15 is 0 Å². The Balaban J connectivity index is 2.18. The number of hydrogen-bond acceptors (Lipinski definition) is 16. The number of nitrogens with zero attached hydrogens (tertiary/aromatic N) is 2. The van der Waals surface area contributed by atoms with Gasteiger partial charge in [-0.25, -0.2) is 14.8 Å². The van der Waals surface area contributed by atoms with Crippen molar-refractivity contribution in [3.8, 4) is 0 Å². The predicted octanol–water partition coefficient (Wildman–Crippen LogP) is 7.44. The number of carbonyl (C=O) groups excluding carboxylic acids is 3. The standard InChI is InChI=1S/C48H81N3O14Si/c1-29(19-20-39(56)32(4)45(30(2)21-22-52)65-66(11,12)48(6,7)8)41(61-10)25-42(33(5)40(60-9)17-14-18-43-50-38(28-62-43)47(58)59)64-44(57)24-35(55)16-13-15-34(54)23-31(3)37-27-63-46(51-37)36(49)26-53/h14,18,27-33,35-36,40-42,45,52-53,55H,13,15-17,19-26,49H2,1-12H3,(H,58,59)/b18-14+/t29-,30+,31-,32-,33+,35-,36-,40-,41-,42-,45+/m0/s1. The van der Waals surface area contributed by atoms with Gasteiger partial charge in [0, 0.05) is 64.3 Å². The van der Waals surface area contributed by atoms with Crippen LogP contribution in [0.2, 0.25) is 18.1 Å². The Bertz CT molecular complexity index is 1810. The molecule has 0 aliphatic heterocycles. The van der Waals surface area contributed by atoms with Gasteiger partial charge >= 0.3 is 11.9 Å². The van der Waals surface area contributed by atoms with Crippen LogP contribution in [0.25, 0.3) is 6.08 Å². The highest BCUT2D eigenvalue weighted by Gasteiger charge is 2.43. The number of ketones is 2. The fourth-order valence-corrected chi connectivity index (χ4v) is 9.09. The Labute approximate surface area is 392 Å². The van der Waals surface area contributed by atoms with Gasteiger partial charge in [0.25, 0.3) is 0 Å². The van der Waals surface area contributed by atoms with Gasteiger partial charge in [-0.1, -0.05) is 61.5 Å². The molecule has 0 saturated heterocycles. The third-order valence-corrected chi connectivity index (χ3v) is 17.7. The van der Waals surface area contributed by atoms with Gasteiger partial charge < -0.3 is 53.6 Å². The van der Waals surface area contributed by atoms with Gasteiger partial charge in [0.1, 0.15) is 36.2 Å². The fraction of sp³-hybridized carbons (Fsp3) is 0.750. The molecule has 6 N–H and O–H groups in total. The lowest BCUT2D eigenvalue weighted by molar-refractivity contribution is -0.159. The van der Waals surface area contributed by atoms with Gasteiger partial charge in [-0.05, 0) is 68.1 Å².